The molecule has 0 bridgehead atoms. The van der Waals surface area contributed by atoms with Crippen molar-refractivity contribution in [2.24, 2.45) is 0 Å². The van der Waals surface area contributed by atoms with E-state index in [0.717, 1.165) is 18.9 Å². The van der Waals surface area contributed by atoms with Crippen molar-refractivity contribution in [2.75, 3.05) is 5.32 Å². The number of nitrogens with one attached hydrogen (secondary N) is 1. The van der Waals surface area contributed by atoms with E-state index >= 15 is 0 Å². The van der Waals surface area contributed by atoms with Crippen LogP contribution in [0.25, 0.3) is 0 Å². The van der Waals surface area contributed by atoms with Gasteiger partial charge in [-0.05, 0) is 31.0 Å². The summed E-state index contributed by atoms with van der Waals surface area (Å²) in [4.78, 5) is 0. The number of hydrogen-bond donors (Lipinski definition) is 1. The van der Waals surface area contributed by atoms with Gasteiger partial charge in [-0.3, -0.25) is 0 Å². The predicted molar refractivity (Wildman–Crippen MR) is 56.9 cm³/mol. The number of halogens is 2. The highest BCUT2D eigenvalue weighted by molar-refractivity contribution is 5.45. The van der Waals surface area contributed by atoms with E-state index in [-0.39, 0.29) is 5.82 Å². The quantitative estimate of drug-likeness (QED) is 0.786. The summed E-state index contributed by atoms with van der Waals surface area (Å²) in [6, 6.07) is 3.83. The molecule has 0 atom stereocenters. The summed E-state index contributed by atoms with van der Waals surface area (Å²) in [5.74, 6) is -0.767. The van der Waals surface area contributed by atoms with Crippen LogP contribution in [0, 0.1) is 11.6 Å². The molecule has 0 aliphatic heterocycles. The van der Waals surface area contributed by atoms with E-state index in [1.807, 2.05) is 0 Å². The Morgan fingerprint density at radius 1 is 1.07 bits per heavy atom. The zero-order valence-electron chi connectivity index (χ0n) is 8.60. The van der Waals surface area contributed by atoms with Crippen molar-refractivity contribution in [2.45, 2.75) is 38.1 Å². The molecule has 1 nitrogen and oxygen atoms in total. The molecule has 1 aliphatic carbocycles. The zero-order valence-corrected chi connectivity index (χ0v) is 8.60. The van der Waals surface area contributed by atoms with Crippen molar-refractivity contribution < 1.29 is 8.78 Å². The Morgan fingerprint density at radius 2 is 1.80 bits per heavy atom. The van der Waals surface area contributed by atoms with Crippen LogP contribution in [0.2, 0.25) is 0 Å². The van der Waals surface area contributed by atoms with Crippen LogP contribution in [0.1, 0.15) is 32.1 Å². The van der Waals surface area contributed by atoms with Crippen LogP contribution in [0.15, 0.2) is 18.2 Å². The first-order valence-corrected chi connectivity index (χ1v) is 5.47. The maximum absolute atomic E-state index is 13.3. The summed E-state index contributed by atoms with van der Waals surface area (Å²) in [5, 5.41) is 3.07. The number of benzene rings is 1. The Kier molecular flexibility index (Phi) is 3.19. The van der Waals surface area contributed by atoms with Crippen LogP contribution < -0.4 is 5.32 Å². The minimum Gasteiger partial charge on any atom is -0.380 e. The molecule has 0 saturated heterocycles. The van der Waals surface area contributed by atoms with E-state index < -0.39 is 5.82 Å². The minimum atomic E-state index is -0.394. The molecule has 1 aromatic carbocycles. The summed E-state index contributed by atoms with van der Waals surface area (Å²) >= 11 is 0. The van der Waals surface area contributed by atoms with Crippen LogP contribution in [0.3, 0.4) is 0 Å². The number of hydrogen-bond acceptors (Lipinski definition) is 1. The summed E-state index contributed by atoms with van der Waals surface area (Å²) in [6.45, 7) is 0. The normalized spacial score (nSPS) is 17.7. The van der Waals surface area contributed by atoms with Crippen molar-refractivity contribution in [1.29, 1.82) is 0 Å². The average molecular weight is 211 g/mol. The molecule has 1 saturated carbocycles. The van der Waals surface area contributed by atoms with Gasteiger partial charge in [-0.25, -0.2) is 8.78 Å². The van der Waals surface area contributed by atoms with Crippen molar-refractivity contribution >= 4 is 5.69 Å². The van der Waals surface area contributed by atoms with Crippen molar-refractivity contribution in [3.8, 4) is 0 Å². The van der Waals surface area contributed by atoms with Gasteiger partial charge in [-0.15, -0.1) is 0 Å². The lowest BCUT2D eigenvalue weighted by atomic mass is 9.95. The zero-order chi connectivity index (χ0) is 10.7. The van der Waals surface area contributed by atoms with Crippen molar-refractivity contribution in [3.05, 3.63) is 29.8 Å². The summed E-state index contributed by atoms with van der Waals surface area (Å²) in [6.07, 6.45) is 5.71. The van der Waals surface area contributed by atoms with E-state index in [0.29, 0.717) is 11.7 Å². The highest BCUT2D eigenvalue weighted by Gasteiger charge is 2.14. The lowest BCUT2D eigenvalue weighted by Crippen LogP contribution is -2.22. The average Bonchev–Trinajstić information content (AvgIpc) is 2.25. The van der Waals surface area contributed by atoms with E-state index in [9.17, 15) is 8.78 Å². The molecule has 15 heavy (non-hydrogen) atoms. The van der Waals surface area contributed by atoms with Crippen molar-refractivity contribution in [1.82, 2.24) is 0 Å². The largest absolute Gasteiger partial charge is 0.380 e. The van der Waals surface area contributed by atoms with Crippen LogP contribution in [0.4, 0.5) is 14.5 Å². The molecule has 1 fully saturated rings. The van der Waals surface area contributed by atoms with Gasteiger partial charge in [0.05, 0.1) is 5.69 Å². The SMILES string of the molecule is Fc1ccc(F)c(NC2CCCCC2)c1. The van der Waals surface area contributed by atoms with Crippen LogP contribution in [0.5, 0.6) is 0 Å². The van der Waals surface area contributed by atoms with Gasteiger partial charge in [0.15, 0.2) is 0 Å². The molecule has 3 heteroatoms. The monoisotopic (exact) mass is 211 g/mol. The lowest BCUT2D eigenvalue weighted by Gasteiger charge is -2.24. The predicted octanol–water partition coefficient (Wildman–Crippen LogP) is 3.71. The number of rotatable bonds is 2. The first-order valence-electron chi connectivity index (χ1n) is 5.47. The van der Waals surface area contributed by atoms with Crippen LogP contribution in [-0.4, -0.2) is 6.04 Å². The molecule has 0 unspecified atom stereocenters. The summed E-state index contributed by atoms with van der Waals surface area (Å²) < 4.78 is 26.2. The lowest BCUT2D eigenvalue weighted by molar-refractivity contribution is 0.460. The Hall–Kier alpha value is -1.12. The Balaban J connectivity index is 2.05. The standard InChI is InChI=1S/C12H15F2N/c13-9-6-7-11(14)12(8-9)15-10-4-2-1-3-5-10/h6-8,10,15H,1-5H2. The van der Waals surface area contributed by atoms with E-state index in [4.69, 9.17) is 0 Å². The highest BCUT2D eigenvalue weighted by atomic mass is 19.1. The third-order valence-corrected chi connectivity index (χ3v) is 2.89. The fraction of sp³-hybridized carbons (Fsp3) is 0.500. The molecule has 0 spiro atoms. The fourth-order valence-corrected chi connectivity index (χ4v) is 2.07. The fourth-order valence-electron chi connectivity index (χ4n) is 2.07. The second kappa shape index (κ2) is 4.60. The van der Waals surface area contributed by atoms with E-state index in [1.54, 1.807) is 0 Å². The van der Waals surface area contributed by atoms with Gasteiger partial charge < -0.3 is 5.32 Å². The molecule has 1 N–H and O–H groups in total. The van der Waals surface area contributed by atoms with Gasteiger partial charge in [-0.1, -0.05) is 19.3 Å². The van der Waals surface area contributed by atoms with Gasteiger partial charge in [0.2, 0.25) is 0 Å². The van der Waals surface area contributed by atoms with E-state index in [1.165, 1.54) is 31.4 Å². The van der Waals surface area contributed by atoms with E-state index in [2.05, 4.69) is 5.32 Å². The topological polar surface area (TPSA) is 12.0 Å². The van der Waals surface area contributed by atoms with Crippen LogP contribution >= 0.6 is 0 Å². The maximum atomic E-state index is 13.3. The number of anilines is 1. The van der Waals surface area contributed by atoms with Gasteiger partial charge in [-0.2, -0.15) is 0 Å². The van der Waals surface area contributed by atoms with Gasteiger partial charge in [0, 0.05) is 6.04 Å². The molecule has 0 aromatic heterocycles. The second-order valence-electron chi connectivity index (χ2n) is 4.10. The van der Waals surface area contributed by atoms with Gasteiger partial charge in [0.1, 0.15) is 11.6 Å². The maximum Gasteiger partial charge on any atom is 0.146 e. The molecular weight excluding hydrogens is 196 g/mol. The molecule has 0 radical (unpaired) electrons. The first-order chi connectivity index (χ1) is 7.25. The first kappa shape index (κ1) is 10.4. The third kappa shape index (κ3) is 2.67. The summed E-state index contributed by atoms with van der Waals surface area (Å²) in [5.41, 5.74) is 0.293. The van der Waals surface area contributed by atoms with Gasteiger partial charge in [0.25, 0.3) is 0 Å². The molecule has 1 aromatic rings. The Morgan fingerprint density at radius 3 is 2.53 bits per heavy atom. The molecule has 0 amide bonds. The summed E-state index contributed by atoms with van der Waals surface area (Å²) in [7, 11) is 0. The van der Waals surface area contributed by atoms with Crippen LogP contribution in [-0.2, 0) is 0 Å². The highest BCUT2D eigenvalue weighted by Crippen LogP contribution is 2.23. The molecule has 2 rings (SSSR count). The molecule has 82 valence electrons. The Bertz CT molecular complexity index is 332. The van der Waals surface area contributed by atoms with Gasteiger partial charge >= 0.3 is 0 Å². The van der Waals surface area contributed by atoms with Crippen molar-refractivity contribution in [3.63, 3.8) is 0 Å². The second-order valence-corrected chi connectivity index (χ2v) is 4.10. The molecule has 1 aliphatic rings. The molecule has 0 heterocycles. The third-order valence-electron chi connectivity index (χ3n) is 2.89. The Labute approximate surface area is 88.5 Å². The minimum absolute atomic E-state index is 0.293. The molecular formula is C12H15F2N. The smallest absolute Gasteiger partial charge is 0.146 e.